The average Bonchev–Trinajstić information content (AvgIpc) is 1.60. The van der Waals surface area contributed by atoms with E-state index < -0.39 is 59.0 Å². The highest BCUT2D eigenvalue weighted by Crippen LogP contribution is 2.44. The SMILES string of the molecule is CCCCC[C@H](NC(=O)CCC(=O)NCCOCCOCCNC(=O)CCC(=O)NCCOCCOCCNC(=O)C1(NC(=O)[C@H](CCCC(=O)OC(C)(C)C)NC(=O)[C@H](CCCCNC(=O)CCc2cccnc2)NC(=O)OCC2c3ccccc3-c3ccccc32)CCCCC1)C(=O)NC. The summed E-state index contributed by atoms with van der Waals surface area (Å²) in [5.74, 6) is -4.20. The monoisotopic (exact) mass is 1430 g/mol. The van der Waals surface area contributed by atoms with Gasteiger partial charge in [-0.1, -0.05) is 100 Å². The summed E-state index contributed by atoms with van der Waals surface area (Å²) in [5, 5.41) is 27.8. The third kappa shape index (κ3) is 33.0. The fourth-order valence-corrected chi connectivity index (χ4v) is 11.8. The summed E-state index contributed by atoms with van der Waals surface area (Å²) in [7, 11) is 1.52. The molecule has 1 heterocycles. The molecule has 2 aliphatic carbocycles. The summed E-state index contributed by atoms with van der Waals surface area (Å²) in [5.41, 5.74) is 2.96. The van der Waals surface area contributed by atoms with E-state index in [-0.39, 0.29) is 185 Å². The smallest absolute Gasteiger partial charge is 0.407 e. The molecule has 28 nitrogen and oxygen atoms in total. The Morgan fingerprint density at radius 2 is 1.01 bits per heavy atom. The molecule has 102 heavy (non-hydrogen) atoms. The predicted molar refractivity (Wildman–Crippen MR) is 381 cm³/mol. The molecular weight excluding hydrogens is 1310 g/mol. The van der Waals surface area contributed by atoms with Crippen LogP contribution in [0.1, 0.15) is 179 Å². The number of amides is 10. The number of aryl methyl sites for hydroxylation is 1. The summed E-state index contributed by atoms with van der Waals surface area (Å²) in [4.78, 5) is 148. The number of benzene rings is 2. The van der Waals surface area contributed by atoms with E-state index in [0.717, 1.165) is 53.5 Å². The molecule has 10 amide bonds. The molecule has 2 aromatic carbocycles. The lowest BCUT2D eigenvalue weighted by Gasteiger charge is -2.38. The van der Waals surface area contributed by atoms with E-state index in [0.29, 0.717) is 57.9 Å². The second-order valence-corrected chi connectivity index (χ2v) is 26.4. The Balaban J connectivity index is 0.999. The van der Waals surface area contributed by atoms with Crippen molar-refractivity contribution < 1.29 is 81.2 Å². The molecule has 0 aliphatic heterocycles. The molecule has 0 bridgehead atoms. The van der Waals surface area contributed by atoms with E-state index in [1.165, 1.54) is 7.05 Å². The summed E-state index contributed by atoms with van der Waals surface area (Å²) < 4.78 is 33.7. The van der Waals surface area contributed by atoms with Gasteiger partial charge in [0.1, 0.15) is 35.9 Å². The third-order valence-electron chi connectivity index (χ3n) is 17.1. The average molecular weight is 1430 g/mol. The van der Waals surface area contributed by atoms with Gasteiger partial charge in [-0.2, -0.15) is 0 Å². The Bertz CT molecular complexity index is 3060. The molecule has 3 atom stereocenters. The molecule has 564 valence electrons. The molecular formula is C74H111N11O17. The number of ether oxygens (including phenoxy) is 6. The molecule has 28 heteroatoms. The third-order valence-corrected chi connectivity index (χ3v) is 17.1. The van der Waals surface area contributed by atoms with Crippen LogP contribution in [0.2, 0.25) is 0 Å². The number of aromatic nitrogens is 1. The number of likely N-dealkylation sites (N-methyl/N-ethyl adjacent to an activating group) is 1. The molecule has 0 unspecified atom stereocenters. The fraction of sp³-hybridized carbons (Fsp3) is 0.622. The lowest BCUT2D eigenvalue weighted by molar-refractivity contribution is -0.155. The summed E-state index contributed by atoms with van der Waals surface area (Å²) in [6.07, 6.45) is 10.3. The predicted octanol–water partition coefficient (Wildman–Crippen LogP) is 4.93. The summed E-state index contributed by atoms with van der Waals surface area (Å²) in [6.45, 7) is 10.1. The Morgan fingerprint density at radius 1 is 0.510 bits per heavy atom. The highest BCUT2D eigenvalue weighted by atomic mass is 16.6. The first-order chi connectivity index (χ1) is 49.2. The van der Waals surface area contributed by atoms with Gasteiger partial charge in [0.05, 0.1) is 52.9 Å². The second kappa shape index (κ2) is 47.6. The summed E-state index contributed by atoms with van der Waals surface area (Å²) >= 11 is 0. The van der Waals surface area contributed by atoms with Crippen molar-refractivity contribution in [2.45, 2.75) is 198 Å². The summed E-state index contributed by atoms with van der Waals surface area (Å²) in [6, 6.07) is 16.5. The van der Waals surface area contributed by atoms with Gasteiger partial charge in [0.2, 0.25) is 53.2 Å². The van der Waals surface area contributed by atoms with Crippen LogP contribution in [-0.2, 0) is 82.8 Å². The number of nitrogens with one attached hydrogen (secondary N) is 10. The van der Waals surface area contributed by atoms with E-state index in [4.69, 9.17) is 28.4 Å². The van der Waals surface area contributed by atoms with Gasteiger partial charge in [-0.05, 0) is 112 Å². The van der Waals surface area contributed by atoms with Crippen LogP contribution in [0.15, 0.2) is 73.1 Å². The molecule has 1 saturated carbocycles. The second-order valence-electron chi connectivity index (χ2n) is 26.4. The number of pyridine rings is 1. The van der Waals surface area contributed by atoms with Gasteiger partial charge in [-0.25, -0.2) is 4.79 Å². The Hall–Kier alpha value is -8.60. The van der Waals surface area contributed by atoms with Gasteiger partial charge in [0, 0.05) is 96.6 Å². The van der Waals surface area contributed by atoms with E-state index in [2.05, 4.69) is 65.1 Å². The van der Waals surface area contributed by atoms with Crippen LogP contribution in [0.3, 0.4) is 0 Å². The van der Waals surface area contributed by atoms with Crippen molar-refractivity contribution in [1.82, 2.24) is 58.2 Å². The van der Waals surface area contributed by atoms with Crippen molar-refractivity contribution in [1.29, 1.82) is 0 Å². The van der Waals surface area contributed by atoms with Crippen LogP contribution >= 0.6 is 0 Å². The van der Waals surface area contributed by atoms with Crippen molar-refractivity contribution in [2.24, 2.45) is 0 Å². The number of nitrogens with zero attached hydrogens (tertiary/aromatic N) is 1. The Morgan fingerprint density at radius 3 is 1.55 bits per heavy atom. The zero-order valence-electron chi connectivity index (χ0n) is 60.4. The van der Waals surface area contributed by atoms with Gasteiger partial charge in [0.25, 0.3) is 0 Å². The lowest BCUT2D eigenvalue weighted by Crippen LogP contribution is -2.63. The van der Waals surface area contributed by atoms with Crippen molar-refractivity contribution in [2.75, 3.05) is 99.2 Å². The number of alkyl carbamates (subject to hydrolysis) is 1. The van der Waals surface area contributed by atoms with Gasteiger partial charge in [-0.15, -0.1) is 0 Å². The zero-order chi connectivity index (χ0) is 73.8. The number of esters is 1. The number of unbranched alkanes of at least 4 members (excludes halogenated alkanes) is 3. The highest BCUT2D eigenvalue weighted by Gasteiger charge is 2.42. The molecule has 10 N–H and O–H groups in total. The first-order valence-electron chi connectivity index (χ1n) is 36.2. The minimum Gasteiger partial charge on any atom is -0.460 e. The maximum absolute atomic E-state index is 14.7. The van der Waals surface area contributed by atoms with Gasteiger partial charge in [-0.3, -0.25) is 52.9 Å². The molecule has 3 aromatic rings. The molecule has 5 rings (SSSR count). The standard InChI is InChI=1S/C74H111N11O17/c1-6-7-9-25-59(68(92)75-5)82-66(90)34-33-65(89)80-41-45-98-48-47-97-43-39-78-63(87)31-32-64(88)79-40-44-99-49-50-100-46-42-81-71(95)74(35-15-8-16-36-74)85-70(94)61(27-18-28-67(91)102-73(2,3)4)83-69(93)60(26-14-17-38-77-62(86)30-29-53-20-19-37-76-51-53)84-72(96)101-52-58-56-23-12-10-21-54(56)55-22-11-13-24-57(55)58/h10-13,19-24,37,51,58-61H,6-9,14-18,25-36,38-50,52H2,1-5H3,(H,75,92)(H,77,86)(H,78,87)(H,79,88)(H,80,89)(H,81,95)(H,82,90)(H,83,93)(H,84,96)(H,85,94)/t59-,60-,61-/m0/s1. The zero-order valence-corrected chi connectivity index (χ0v) is 60.4. The highest BCUT2D eigenvalue weighted by molar-refractivity contribution is 5.96. The first-order valence-corrected chi connectivity index (χ1v) is 36.2. The van der Waals surface area contributed by atoms with Crippen LogP contribution in [0.4, 0.5) is 4.79 Å². The van der Waals surface area contributed by atoms with Gasteiger partial charge >= 0.3 is 12.1 Å². The number of rotatable bonds is 50. The van der Waals surface area contributed by atoms with E-state index in [1.807, 2.05) is 60.7 Å². The van der Waals surface area contributed by atoms with Crippen LogP contribution in [0, 0.1) is 0 Å². The maximum Gasteiger partial charge on any atom is 0.407 e. The molecule has 0 spiro atoms. The van der Waals surface area contributed by atoms with E-state index in [1.54, 1.807) is 33.2 Å². The first kappa shape index (κ1) is 84.1. The molecule has 1 aromatic heterocycles. The number of hydrogen-bond acceptors (Lipinski definition) is 18. The quantitative estimate of drug-likeness (QED) is 0.0265. The topological polar surface area (TPSA) is 376 Å². The fourth-order valence-electron chi connectivity index (χ4n) is 11.8. The number of hydrogen-bond donors (Lipinski definition) is 10. The number of carbonyl (C=O) groups is 11. The Kier molecular flexibility index (Phi) is 39.2. The van der Waals surface area contributed by atoms with Gasteiger partial charge < -0.3 is 81.6 Å². The molecule has 0 saturated heterocycles. The van der Waals surface area contributed by atoms with E-state index in [9.17, 15) is 52.7 Å². The number of carbonyl (C=O) groups excluding carboxylic acids is 11. The van der Waals surface area contributed by atoms with Crippen molar-refractivity contribution >= 4 is 65.2 Å². The van der Waals surface area contributed by atoms with Crippen LogP contribution in [0.5, 0.6) is 0 Å². The maximum atomic E-state index is 14.7. The molecule has 2 aliphatic rings. The minimum atomic E-state index is -1.33. The minimum absolute atomic E-state index is 0.0102. The van der Waals surface area contributed by atoms with Crippen LogP contribution < -0.4 is 53.2 Å². The molecule has 1 fully saturated rings. The Labute approximate surface area is 600 Å². The van der Waals surface area contributed by atoms with Gasteiger partial charge in [0.15, 0.2) is 0 Å². The van der Waals surface area contributed by atoms with Crippen LogP contribution in [-0.4, -0.2) is 199 Å². The normalized spacial score (nSPS) is 13.9. The van der Waals surface area contributed by atoms with Crippen molar-refractivity contribution in [3.05, 3.63) is 89.7 Å². The van der Waals surface area contributed by atoms with E-state index >= 15 is 0 Å². The largest absolute Gasteiger partial charge is 0.460 e. The van der Waals surface area contributed by atoms with Crippen molar-refractivity contribution in [3.8, 4) is 11.1 Å². The number of fused-ring (bicyclic) bond motifs is 3. The lowest BCUT2D eigenvalue weighted by atomic mass is 9.80. The molecule has 0 radical (unpaired) electrons. The van der Waals surface area contributed by atoms with Crippen LogP contribution in [0.25, 0.3) is 11.1 Å². The van der Waals surface area contributed by atoms with Crippen molar-refractivity contribution in [3.63, 3.8) is 0 Å².